The van der Waals surface area contributed by atoms with Gasteiger partial charge in [-0.25, -0.2) is 19.7 Å². The zero-order chi connectivity index (χ0) is 25.7. The highest BCUT2D eigenvalue weighted by molar-refractivity contribution is 6.23. The molecule has 2 aliphatic heterocycles. The minimum absolute atomic E-state index is 0.162. The van der Waals surface area contributed by atoms with Gasteiger partial charge in [-0.2, -0.15) is 13.2 Å². The second-order valence-electron chi connectivity index (χ2n) is 8.89. The average molecular weight is 503 g/mol. The van der Waals surface area contributed by atoms with Crippen LogP contribution in [0.1, 0.15) is 5.69 Å². The van der Waals surface area contributed by atoms with Crippen LogP contribution in [-0.2, 0) is 11.0 Å². The van der Waals surface area contributed by atoms with Crippen molar-refractivity contribution in [2.75, 3.05) is 29.4 Å². The summed E-state index contributed by atoms with van der Waals surface area (Å²) in [5.74, 6) is 0.0811. The molecule has 0 aliphatic carbocycles. The molecule has 2 aliphatic rings. The molecular formula is C27H20F3N5O2. The third-order valence-electron chi connectivity index (χ3n) is 6.74. The van der Waals surface area contributed by atoms with Gasteiger partial charge in [-0.05, 0) is 29.8 Å². The van der Waals surface area contributed by atoms with Crippen LogP contribution in [0.15, 0.2) is 79.0 Å². The maximum atomic E-state index is 13.6. The van der Waals surface area contributed by atoms with Crippen LogP contribution in [0.3, 0.4) is 0 Å². The number of hydrogen-bond donors (Lipinski definition) is 0. The number of benzene rings is 2. The van der Waals surface area contributed by atoms with Gasteiger partial charge in [-0.3, -0.25) is 4.79 Å². The van der Waals surface area contributed by atoms with Crippen molar-refractivity contribution in [3.63, 3.8) is 0 Å². The van der Waals surface area contributed by atoms with Crippen molar-refractivity contribution >= 4 is 34.3 Å². The molecule has 4 aromatic rings. The van der Waals surface area contributed by atoms with E-state index in [0.29, 0.717) is 23.4 Å². The SMILES string of the molecule is O=C1C2CN(c3nccc4nc(C(F)(F)F)ccc34)CCN2C(=O)N1c1ccccc1-c1ccccc1. The summed E-state index contributed by atoms with van der Waals surface area (Å²) in [4.78, 5) is 39.8. The van der Waals surface area contributed by atoms with Crippen LogP contribution in [0.4, 0.5) is 29.5 Å². The molecule has 2 aromatic heterocycles. The molecule has 0 spiro atoms. The normalized spacial score (nSPS) is 18.0. The van der Waals surface area contributed by atoms with Crippen LogP contribution in [0, 0.1) is 0 Å². The van der Waals surface area contributed by atoms with Crippen LogP contribution >= 0.6 is 0 Å². The van der Waals surface area contributed by atoms with E-state index in [1.54, 1.807) is 17.0 Å². The second-order valence-corrected chi connectivity index (χ2v) is 8.89. The number of piperazine rings is 1. The Bertz CT molecular complexity index is 1530. The minimum atomic E-state index is -4.56. The predicted octanol–water partition coefficient (Wildman–Crippen LogP) is 4.97. The Kier molecular flexibility index (Phi) is 5.32. The standard InChI is InChI=1S/C27H20F3N5O2/c28-27(29,30)23-11-10-19-20(32-23)12-13-31-24(19)33-14-15-34-22(16-33)25(36)35(26(34)37)21-9-5-4-8-18(21)17-6-2-1-3-7-17/h1-13,22H,14-16H2. The summed E-state index contributed by atoms with van der Waals surface area (Å²) in [6, 6.07) is 19.4. The van der Waals surface area contributed by atoms with Crippen LogP contribution in [0.25, 0.3) is 22.0 Å². The van der Waals surface area contributed by atoms with E-state index < -0.39 is 17.9 Å². The molecule has 2 saturated heterocycles. The van der Waals surface area contributed by atoms with Crippen molar-refractivity contribution in [2.45, 2.75) is 12.2 Å². The number of nitrogens with zero attached hydrogens (tertiary/aromatic N) is 5. The van der Waals surface area contributed by atoms with Gasteiger partial charge in [-0.15, -0.1) is 0 Å². The Labute approximate surface area is 209 Å². The van der Waals surface area contributed by atoms with E-state index >= 15 is 0 Å². The Morgan fingerprint density at radius 1 is 0.865 bits per heavy atom. The fraction of sp³-hybridized carbons (Fsp3) is 0.185. The number of anilines is 2. The number of para-hydroxylation sites is 1. The smallest absolute Gasteiger partial charge is 0.352 e. The molecule has 6 rings (SSSR count). The first-order chi connectivity index (χ1) is 17.8. The van der Waals surface area contributed by atoms with E-state index in [1.165, 1.54) is 23.2 Å². The number of amides is 3. The molecule has 7 nitrogen and oxygen atoms in total. The third kappa shape index (κ3) is 3.85. The topological polar surface area (TPSA) is 69.6 Å². The van der Waals surface area contributed by atoms with Crippen molar-refractivity contribution in [1.29, 1.82) is 0 Å². The van der Waals surface area contributed by atoms with Crippen molar-refractivity contribution in [1.82, 2.24) is 14.9 Å². The molecule has 0 N–H and O–H groups in total. The van der Waals surface area contributed by atoms with Gasteiger partial charge in [0.2, 0.25) is 0 Å². The summed E-state index contributed by atoms with van der Waals surface area (Å²) in [5, 5.41) is 0.451. The lowest BCUT2D eigenvalue weighted by Crippen LogP contribution is -2.53. The molecule has 2 fully saturated rings. The first-order valence-electron chi connectivity index (χ1n) is 11.7. The summed E-state index contributed by atoms with van der Waals surface area (Å²) >= 11 is 0. The summed E-state index contributed by atoms with van der Waals surface area (Å²) < 4.78 is 39.4. The van der Waals surface area contributed by atoms with E-state index in [-0.39, 0.29) is 30.5 Å². The quantitative estimate of drug-likeness (QED) is 0.369. The molecule has 0 radical (unpaired) electrons. The first kappa shape index (κ1) is 23.0. The van der Waals surface area contributed by atoms with Crippen LogP contribution in [0.5, 0.6) is 0 Å². The number of fused-ring (bicyclic) bond motifs is 2. The zero-order valence-electron chi connectivity index (χ0n) is 19.4. The molecule has 37 heavy (non-hydrogen) atoms. The summed E-state index contributed by atoms with van der Waals surface area (Å²) in [6.45, 7) is 0.809. The highest BCUT2D eigenvalue weighted by atomic mass is 19.4. The van der Waals surface area contributed by atoms with Crippen LogP contribution in [0.2, 0.25) is 0 Å². The summed E-state index contributed by atoms with van der Waals surface area (Å²) in [7, 11) is 0. The van der Waals surface area contributed by atoms with Gasteiger partial charge in [0.05, 0.1) is 11.2 Å². The van der Waals surface area contributed by atoms with Gasteiger partial charge < -0.3 is 9.80 Å². The van der Waals surface area contributed by atoms with Gasteiger partial charge in [0, 0.05) is 36.8 Å². The number of alkyl halides is 3. The van der Waals surface area contributed by atoms with Crippen molar-refractivity contribution in [2.24, 2.45) is 0 Å². The lowest BCUT2D eigenvalue weighted by Gasteiger charge is -2.36. The lowest BCUT2D eigenvalue weighted by molar-refractivity contribution is -0.141. The predicted molar refractivity (Wildman–Crippen MR) is 132 cm³/mol. The van der Waals surface area contributed by atoms with Crippen LogP contribution < -0.4 is 9.80 Å². The van der Waals surface area contributed by atoms with Gasteiger partial charge in [-0.1, -0.05) is 48.5 Å². The van der Waals surface area contributed by atoms with E-state index in [4.69, 9.17) is 0 Å². The Balaban J connectivity index is 1.32. The number of urea groups is 1. The number of carbonyl (C=O) groups excluding carboxylic acids is 2. The van der Waals surface area contributed by atoms with Crippen molar-refractivity contribution < 1.29 is 22.8 Å². The van der Waals surface area contributed by atoms with Crippen molar-refractivity contribution in [3.05, 3.63) is 84.7 Å². The summed E-state index contributed by atoms with van der Waals surface area (Å²) in [6.07, 6.45) is -3.15. The number of imide groups is 1. The van der Waals surface area contributed by atoms with Crippen molar-refractivity contribution in [3.8, 4) is 11.1 Å². The molecule has 186 valence electrons. The van der Waals surface area contributed by atoms with E-state index in [1.807, 2.05) is 47.4 Å². The van der Waals surface area contributed by atoms with Gasteiger partial charge in [0.1, 0.15) is 17.6 Å². The average Bonchev–Trinajstić information content (AvgIpc) is 3.16. The molecular weight excluding hydrogens is 483 g/mol. The van der Waals surface area contributed by atoms with E-state index in [2.05, 4.69) is 9.97 Å². The fourth-order valence-corrected chi connectivity index (χ4v) is 4.99. The Morgan fingerprint density at radius 3 is 2.41 bits per heavy atom. The van der Waals surface area contributed by atoms with Crippen LogP contribution in [-0.4, -0.2) is 52.5 Å². The lowest BCUT2D eigenvalue weighted by atomic mass is 10.0. The Morgan fingerprint density at radius 2 is 1.62 bits per heavy atom. The fourth-order valence-electron chi connectivity index (χ4n) is 4.99. The minimum Gasteiger partial charge on any atom is -0.352 e. The largest absolute Gasteiger partial charge is 0.433 e. The number of hydrogen-bond acceptors (Lipinski definition) is 5. The van der Waals surface area contributed by atoms with Gasteiger partial charge >= 0.3 is 12.2 Å². The summed E-state index contributed by atoms with van der Waals surface area (Å²) in [5.41, 5.74) is 1.34. The highest BCUT2D eigenvalue weighted by Crippen LogP contribution is 2.37. The first-order valence-corrected chi connectivity index (χ1v) is 11.7. The maximum Gasteiger partial charge on any atom is 0.433 e. The number of aromatic nitrogens is 2. The van der Waals surface area contributed by atoms with Gasteiger partial charge in [0.15, 0.2) is 0 Å². The molecule has 2 aromatic carbocycles. The highest BCUT2D eigenvalue weighted by Gasteiger charge is 2.49. The van der Waals surface area contributed by atoms with E-state index in [9.17, 15) is 22.8 Å². The number of rotatable bonds is 3. The number of halogens is 3. The Hall–Kier alpha value is -4.47. The third-order valence-corrected chi connectivity index (χ3v) is 6.74. The van der Waals surface area contributed by atoms with Gasteiger partial charge in [0.25, 0.3) is 5.91 Å². The monoisotopic (exact) mass is 503 g/mol. The molecule has 4 heterocycles. The number of carbonyl (C=O) groups is 2. The zero-order valence-corrected chi connectivity index (χ0v) is 19.4. The molecule has 1 unspecified atom stereocenters. The number of pyridine rings is 2. The molecule has 3 amide bonds. The molecule has 10 heteroatoms. The molecule has 0 saturated carbocycles. The molecule has 0 bridgehead atoms. The maximum absolute atomic E-state index is 13.6. The second kappa shape index (κ2) is 8.58. The van der Waals surface area contributed by atoms with E-state index in [0.717, 1.165) is 17.2 Å². The molecule has 1 atom stereocenters.